The van der Waals surface area contributed by atoms with Gasteiger partial charge in [-0.2, -0.15) is 0 Å². The van der Waals surface area contributed by atoms with Crippen molar-refractivity contribution in [2.45, 2.75) is 11.4 Å². The number of aromatic amines is 1. The molecule has 1 aromatic heterocycles. The van der Waals surface area contributed by atoms with Gasteiger partial charge in [-0.3, -0.25) is 18.8 Å². The van der Waals surface area contributed by atoms with Gasteiger partial charge in [-0.15, -0.1) is 0 Å². The third kappa shape index (κ3) is 5.56. The smallest absolute Gasteiger partial charge is 0.264 e. The van der Waals surface area contributed by atoms with Gasteiger partial charge >= 0.3 is 0 Å². The second kappa shape index (κ2) is 10.1. The summed E-state index contributed by atoms with van der Waals surface area (Å²) in [6, 6.07) is 21.9. The Labute approximate surface area is 203 Å². The number of sulfonamides is 1. The molecule has 0 spiro atoms. The van der Waals surface area contributed by atoms with Crippen molar-refractivity contribution in [3.63, 3.8) is 0 Å². The number of carbonyl (C=O) groups excluding carboxylic acids is 1. The van der Waals surface area contributed by atoms with Crippen molar-refractivity contribution in [2.75, 3.05) is 30.3 Å². The molecule has 1 amide bonds. The summed E-state index contributed by atoms with van der Waals surface area (Å²) in [7, 11) is -0.598. The summed E-state index contributed by atoms with van der Waals surface area (Å²) in [4.78, 5) is 33.8. The van der Waals surface area contributed by atoms with Gasteiger partial charge in [-0.1, -0.05) is 36.4 Å². The topological polar surface area (TPSA) is 115 Å². The highest BCUT2D eigenvalue weighted by Gasteiger charge is 2.21. The average molecular weight is 492 g/mol. The molecule has 0 saturated heterocycles. The summed E-state index contributed by atoms with van der Waals surface area (Å²) >= 11 is 0. The van der Waals surface area contributed by atoms with Crippen molar-refractivity contribution >= 4 is 38.2 Å². The van der Waals surface area contributed by atoms with Crippen molar-refractivity contribution < 1.29 is 13.2 Å². The maximum Gasteiger partial charge on any atom is 0.264 e. The van der Waals surface area contributed by atoms with Crippen molar-refractivity contribution in [1.82, 2.24) is 14.9 Å². The lowest BCUT2D eigenvalue weighted by atomic mass is 10.2. The number of anilines is 2. The first kappa shape index (κ1) is 24.1. The van der Waals surface area contributed by atoms with E-state index < -0.39 is 10.0 Å². The Hall–Kier alpha value is -4.02. The van der Waals surface area contributed by atoms with Crippen molar-refractivity contribution in [3.05, 3.63) is 95.0 Å². The van der Waals surface area contributed by atoms with Gasteiger partial charge in [0.2, 0.25) is 5.91 Å². The molecule has 2 N–H and O–H groups in total. The molecule has 0 aliphatic carbocycles. The number of aromatic nitrogens is 2. The first-order valence-corrected chi connectivity index (χ1v) is 12.3. The minimum Gasteiger partial charge on any atom is -0.325 e. The molecule has 180 valence electrons. The molecule has 3 aromatic carbocycles. The van der Waals surface area contributed by atoms with Crippen LogP contribution in [0.15, 0.2) is 88.6 Å². The standard InChI is InChI=1S/C25H25N5O4S/c1-29(16-23-27-22-14-7-6-13-21(22)25(32)28-23)17-24(31)26-18-9-8-12-20(15-18)35(33,34)30(2)19-10-4-3-5-11-19/h3-15H,16-17H2,1-2H3,(H,26,31)(H,27,28,32). The molecule has 0 atom stereocenters. The molecule has 0 aliphatic heterocycles. The Morgan fingerprint density at radius 1 is 0.971 bits per heavy atom. The first-order valence-electron chi connectivity index (χ1n) is 10.8. The summed E-state index contributed by atoms with van der Waals surface area (Å²) in [5, 5.41) is 3.24. The normalized spacial score (nSPS) is 11.5. The number of H-pyrrole nitrogens is 1. The fourth-order valence-electron chi connectivity index (χ4n) is 3.64. The largest absolute Gasteiger partial charge is 0.325 e. The second-order valence-electron chi connectivity index (χ2n) is 8.09. The van der Waals surface area contributed by atoms with Crippen LogP contribution >= 0.6 is 0 Å². The third-order valence-corrected chi connectivity index (χ3v) is 7.17. The van der Waals surface area contributed by atoms with Gasteiger partial charge in [-0.25, -0.2) is 13.4 Å². The molecule has 10 heteroatoms. The van der Waals surface area contributed by atoms with Crippen molar-refractivity contribution in [2.24, 2.45) is 0 Å². The van der Waals surface area contributed by atoms with E-state index in [2.05, 4.69) is 15.3 Å². The number of hydrogen-bond donors (Lipinski definition) is 2. The lowest BCUT2D eigenvalue weighted by Crippen LogP contribution is -2.31. The second-order valence-corrected chi connectivity index (χ2v) is 10.1. The highest BCUT2D eigenvalue weighted by molar-refractivity contribution is 7.92. The van der Waals surface area contributed by atoms with Gasteiger partial charge in [0.1, 0.15) is 5.82 Å². The maximum atomic E-state index is 13.0. The van der Waals surface area contributed by atoms with Crippen LogP contribution in [0.5, 0.6) is 0 Å². The lowest BCUT2D eigenvalue weighted by molar-refractivity contribution is -0.117. The van der Waals surface area contributed by atoms with Crippen molar-refractivity contribution in [3.8, 4) is 0 Å². The van der Waals surface area contributed by atoms with Gasteiger partial charge in [0.05, 0.1) is 34.6 Å². The van der Waals surface area contributed by atoms with E-state index in [1.807, 2.05) is 12.1 Å². The molecule has 1 heterocycles. The molecule has 0 radical (unpaired) electrons. The quantitative estimate of drug-likeness (QED) is 0.392. The van der Waals surface area contributed by atoms with Crippen LogP contribution in [0.25, 0.3) is 10.9 Å². The van der Waals surface area contributed by atoms with Gasteiger partial charge in [0.15, 0.2) is 0 Å². The van der Waals surface area contributed by atoms with Crippen LogP contribution in [0.1, 0.15) is 5.82 Å². The average Bonchev–Trinajstić information content (AvgIpc) is 2.84. The summed E-state index contributed by atoms with van der Waals surface area (Å²) < 4.78 is 27.3. The summed E-state index contributed by atoms with van der Waals surface area (Å²) in [5.74, 6) is 0.114. The number of hydrogen-bond acceptors (Lipinski definition) is 6. The number of nitrogens with one attached hydrogen (secondary N) is 2. The Morgan fingerprint density at radius 2 is 1.69 bits per heavy atom. The zero-order chi connectivity index (χ0) is 25.0. The van der Waals surface area contributed by atoms with E-state index in [4.69, 9.17) is 0 Å². The van der Waals surface area contributed by atoms with E-state index in [-0.39, 0.29) is 29.5 Å². The number of carbonyl (C=O) groups is 1. The Balaban J connectivity index is 1.42. The minimum atomic E-state index is -3.81. The SMILES string of the molecule is CN(CC(=O)Nc1cccc(S(=O)(=O)N(C)c2ccccc2)c1)Cc1nc2ccccc2c(=O)[nH]1. The fraction of sp³-hybridized carbons (Fsp3) is 0.160. The van der Waals surface area contributed by atoms with E-state index in [0.717, 1.165) is 0 Å². The molecule has 0 fully saturated rings. The third-order valence-electron chi connectivity index (χ3n) is 5.39. The van der Waals surface area contributed by atoms with Crippen LogP contribution < -0.4 is 15.2 Å². The number of nitrogens with zero attached hydrogens (tertiary/aromatic N) is 3. The molecule has 4 rings (SSSR count). The van der Waals surface area contributed by atoms with Crippen LogP contribution in [0.4, 0.5) is 11.4 Å². The number of rotatable bonds is 8. The van der Waals surface area contributed by atoms with E-state index in [0.29, 0.717) is 28.1 Å². The molecule has 0 unspecified atom stereocenters. The van der Waals surface area contributed by atoms with E-state index in [1.54, 1.807) is 66.5 Å². The van der Waals surface area contributed by atoms with Gasteiger partial charge in [-0.05, 0) is 49.5 Å². The summed E-state index contributed by atoms with van der Waals surface area (Å²) in [6.45, 7) is 0.265. The number of para-hydroxylation sites is 2. The Bertz CT molecular complexity index is 1520. The minimum absolute atomic E-state index is 0.0113. The number of amides is 1. The number of benzene rings is 3. The van der Waals surface area contributed by atoms with Crippen LogP contribution in [0.3, 0.4) is 0 Å². The monoisotopic (exact) mass is 491 g/mol. The molecule has 0 aliphatic rings. The summed E-state index contributed by atoms with van der Waals surface area (Å²) in [6.07, 6.45) is 0. The highest BCUT2D eigenvalue weighted by Crippen LogP contribution is 2.23. The van der Waals surface area contributed by atoms with Crippen LogP contribution in [-0.4, -0.2) is 49.8 Å². The number of fused-ring (bicyclic) bond motifs is 1. The van der Waals surface area contributed by atoms with E-state index in [9.17, 15) is 18.0 Å². The molecule has 4 aromatic rings. The highest BCUT2D eigenvalue weighted by atomic mass is 32.2. The van der Waals surface area contributed by atoms with Gasteiger partial charge < -0.3 is 10.3 Å². The predicted molar refractivity (Wildman–Crippen MR) is 136 cm³/mol. The summed E-state index contributed by atoms with van der Waals surface area (Å²) in [5.41, 5.74) is 1.25. The first-order chi connectivity index (χ1) is 16.7. The van der Waals surface area contributed by atoms with Crippen LogP contribution in [0, 0.1) is 0 Å². The Kier molecular flexibility index (Phi) is 6.94. The fourth-order valence-corrected chi connectivity index (χ4v) is 4.88. The molecule has 0 bridgehead atoms. The molecular weight excluding hydrogens is 466 g/mol. The van der Waals surface area contributed by atoms with Crippen molar-refractivity contribution in [1.29, 1.82) is 0 Å². The predicted octanol–water partition coefficient (Wildman–Crippen LogP) is 2.82. The number of likely N-dealkylation sites (N-methyl/N-ethyl adjacent to an activating group) is 1. The molecule has 9 nitrogen and oxygen atoms in total. The molecule has 35 heavy (non-hydrogen) atoms. The van der Waals surface area contributed by atoms with E-state index in [1.165, 1.54) is 23.5 Å². The van der Waals surface area contributed by atoms with Crippen LogP contribution in [0.2, 0.25) is 0 Å². The molecular formula is C25H25N5O4S. The van der Waals surface area contributed by atoms with Gasteiger partial charge in [0.25, 0.3) is 15.6 Å². The zero-order valence-corrected chi connectivity index (χ0v) is 20.1. The van der Waals surface area contributed by atoms with E-state index >= 15 is 0 Å². The Morgan fingerprint density at radius 3 is 2.46 bits per heavy atom. The maximum absolute atomic E-state index is 13.0. The van der Waals surface area contributed by atoms with Crippen LogP contribution in [-0.2, 0) is 21.4 Å². The lowest BCUT2D eigenvalue weighted by Gasteiger charge is -2.20. The van der Waals surface area contributed by atoms with Gasteiger partial charge in [0, 0.05) is 12.7 Å². The molecule has 0 saturated carbocycles. The zero-order valence-electron chi connectivity index (χ0n) is 19.3.